The third-order valence-corrected chi connectivity index (χ3v) is 2.42. The molecule has 6 heteroatoms. The molecular weight excluding hydrogens is 236 g/mol. The highest BCUT2D eigenvalue weighted by Gasteiger charge is 2.44. The number of ketones is 2. The highest BCUT2D eigenvalue weighted by molar-refractivity contribution is 6.08. The molecule has 0 aromatic carbocycles. The van der Waals surface area contributed by atoms with Crippen molar-refractivity contribution < 1.29 is 24.3 Å². The van der Waals surface area contributed by atoms with E-state index in [0.717, 1.165) is 0 Å². The van der Waals surface area contributed by atoms with Gasteiger partial charge in [-0.1, -0.05) is 41.5 Å². The largest absolute Gasteiger partial charge is 0.325 e. The number of aromatic nitrogens is 2. The van der Waals surface area contributed by atoms with E-state index < -0.39 is 16.6 Å². The fourth-order valence-corrected chi connectivity index (χ4v) is 1.31. The molecule has 0 saturated heterocycles. The standard InChI is InChI=1S/C12H19N2O4/c1-11(2,3)9(15)7-8(14(17)18-13-7)10(16)12(4,5)6/h17H,1-6H3/q+1. The SMILES string of the molecule is CC(C)(C)C(=O)c1no[n+](O)c1C(=O)C(C)(C)C. The smallest absolute Gasteiger partial charge is 0.316 e. The molecule has 0 unspecified atom stereocenters. The van der Waals surface area contributed by atoms with Crippen molar-refractivity contribution in [2.75, 3.05) is 0 Å². The lowest BCUT2D eigenvalue weighted by Gasteiger charge is -2.15. The van der Waals surface area contributed by atoms with Gasteiger partial charge in [-0.15, -0.1) is 0 Å². The van der Waals surface area contributed by atoms with Crippen LogP contribution in [0.4, 0.5) is 0 Å². The number of hydrogen-bond donors (Lipinski definition) is 1. The molecule has 0 fully saturated rings. The van der Waals surface area contributed by atoms with Gasteiger partial charge in [-0.3, -0.25) is 9.59 Å². The highest BCUT2D eigenvalue weighted by atomic mass is 16.8. The number of Topliss-reactive ketones (excluding diaryl/α,β-unsaturated/α-hetero) is 2. The summed E-state index contributed by atoms with van der Waals surface area (Å²) in [6.45, 7) is 10.2. The van der Waals surface area contributed by atoms with Gasteiger partial charge in [0, 0.05) is 10.8 Å². The van der Waals surface area contributed by atoms with E-state index in [-0.39, 0.29) is 22.1 Å². The summed E-state index contributed by atoms with van der Waals surface area (Å²) in [7, 11) is 0. The molecule has 1 heterocycles. The molecule has 0 spiro atoms. The molecule has 0 aliphatic rings. The van der Waals surface area contributed by atoms with E-state index in [1.807, 2.05) is 0 Å². The summed E-state index contributed by atoms with van der Waals surface area (Å²) in [4.78, 5) is 24.6. The zero-order valence-corrected chi connectivity index (χ0v) is 11.6. The minimum Gasteiger partial charge on any atom is -0.316 e. The maximum atomic E-state index is 12.2. The van der Waals surface area contributed by atoms with Crippen molar-refractivity contribution in [1.29, 1.82) is 0 Å². The average Bonchev–Trinajstić information content (AvgIpc) is 2.54. The first kappa shape index (κ1) is 14.3. The van der Waals surface area contributed by atoms with Crippen LogP contribution < -0.4 is 4.90 Å². The summed E-state index contributed by atoms with van der Waals surface area (Å²) >= 11 is 0. The molecule has 1 aromatic rings. The Hall–Kier alpha value is -1.72. The van der Waals surface area contributed by atoms with Crippen LogP contribution in [0.25, 0.3) is 0 Å². The normalized spacial score (nSPS) is 12.6. The molecular formula is C12H19N2O4+. The van der Waals surface area contributed by atoms with Crippen LogP contribution in [-0.4, -0.2) is 21.9 Å². The topological polar surface area (TPSA) is 84.3 Å². The monoisotopic (exact) mass is 255 g/mol. The van der Waals surface area contributed by atoms with Crippen molar-refractivity contribution in [3.8, 4) is 0 Å². The second kappa shape index (κ2) is 4.19. The van der Waals surface area contributed by atoms with Crippen LogP contribution >= 0.6 is 0 Å². The molecule has 6 nitrogen and oxygen atoms in total. The van der Waals surface area contributed by atoms with E-state index >= 15 is 0 Å². The van der Waals surface area contributed by atoms with Crippen LogP contribution in [-0.2, 0) is 0 Å². The number of carbonyl (C=O) groups is 2. The fraction of sp³-hybridized carbons (Fsp3) is 0.667. The summed E-state index contributed by atoms with van der Waals surface area (Å²) in [6, 6.07) is 0. The molecule has 0 saturated carbocycles. The van der Waals surface area contributed by atoms with Gasteiger partial charge < -0.3 is 5.21 Å². The van der Waals surface area contributed by atoms with Gasteiger partial charge >= 0.3 is 11.4 Å². The zero-order valence-electron chi connectivity index (χ0n) is 11.6. The van der Waals surface area contributed by atoms with Crippen LogP contribution in [0.15, 0.2) is 4.63 Å². The van der Waals surface area contributed by atoms with Crippen molar-refractivity contribution in [1.82, 2.24) is 5.16 Å². The molecule has 1 N–H and O–H groups in total. The van der Waals surface area contributed by atoms with E-state index in [0.29, 0.717) is 0 Å². The van der Waals surface area contributed by atoms with Gasteiger partial charge in [0.25, 0.3) is 0 Å². The van der Waals surface area contributed by atoms with Crippen molar-refractivity contribution in [3.05, 3.63) is 11.4 Å². The minimum absolute atomic E-state index is 0.134. The molecule has 0 aliphatic heterocycles. The summed E-state index contributed by atoms with van der Waals surface area (Å²) in [5.41, 5.74) is -1.80. The second-order valence-corrected chi connectivity index (χ2v) is 6.30. The maximum Gasteiger partial charge on any atom is 0.325 e. The lowest BCUT2D eigenvalue weighted by Crippen LogP contribution is -2.40. The zero-order chi connectivity index (χ0) is 14.3. The fourth-order valence-electron chi connectivity index (χ4n) is 1.31. The van der Waals surface area contributed by atoms with E-state index in [9.17, 15) is 14.8 Å². The van der Waals surface area contributed by atoms with Gasteiger partial charge in [0.1, 0.15) is 4.90 Å². The molecule has 0 aliphatic carbocycles. The highest BCUT2D eigenvalue weighted by Crippen LogP contribution is 2.25. The average molecular weight is 255 g/mol. The van der Waals surface area contributed by atoms with Gasteiger partial charge in [0.05, 0.1) is 0 Å². The maximum absolute atomic E-state index is 12.2. The summed E-state index contributed by atoms with van der Waals surface area (Å²) in [5.74, 6) is -0.759. The van der Waals surface area contributed by atoms with Gasteiger partial charge in [-0.25, -0.2) is 0 Å². The first-order chi connectivity index (χ1) is 7.96. The van der Waals surface area contributed by atoms with Crippen LogP contribution in [0.3, 0.4) is 0 Å². The van der Waals surface area contributed by atoms with Crippen molar-refractivity contribution in [2.45, 2.75) is 41.5 Å². The lowest BCUT2D eigenvalue weighted by atomic mass is 9.84. The van der Waals surface area contributed by atoms with Crippen molar-refractivity contribution in [3.63, 3.8) is 0 Å². The second-order valence-electron chi connectivity index (χ2n) is 6.30. The number of rotatable bonds is 2. The Kier molecular flexibility index (Phi) is 3.34. The molecule has 18 heavy (non-hydrogen) atoms. The predicted molar refractivity (Wildman–Crippen MR) is 61.5 cm³/mol. The molecule has 1 rings (SSSR count). The van der Waals surface area contributed by atoms with Gasteiger partial charge in [-0.2, -0.15) is 0 Å². The van der Waals surface area contributed by atoms with Gasteiger partial charge in [-0.05, 0) is 4.63 Å². The van der Waals surface area contributed by atoms with Crippen LogP contribution in [0.2, 0.25) is 0 Å². The first-order valence-electron chi connectivity index (χ1n) is 5.67. The Morgan fingerprint density at radius 2 is 1.50 bits per heavy atom. The van der Waals surface area contributed by atoms with Crippen LogP contribution in [0, 0.1) is 10.8 Å². The van der Waals surface area contributed by atoms with Crippen molar-refractivity contribution >= 4 is 11.6 Å². The number of hydrogen-bond acceptors (Lipinski definition) is 5. The third kappa shape index (κ3) is 2.57. The molecule has 1 aromatic heterocycles. The Labute approximate surface area is 105 Å². The molecule has 100 valence electrons. The Balaban J connectivity index is 3.35. The van der Waals surface area contributed by atoms with E-state index in [4.69, 9.17) is 0 Å². The summed E-state index contributed by atoms with van der Waals surface area (Å²) in [6.07, 6.45) is 0. The minimum atomic E-state index is -0.747. The van der Waals surface area contributed by atoms with Gasteiger partial charge in [0.15, 0.2) is 5.16 Å². The third-order valence-electron chi connectivity index (χ3n) is 2.42. The van der Waals surface area contributed by atoms with Crippen LogP contribution in [0.1, 0.15) is 62.5 Å². The Bertz CT molecular complexity index is 489. The summed E-state index contributed by atoms with van der Waals surface area (Å²) in [5, 5.41) is 13.0. The Morgan fingerprint density at radius 3 is 1.89 bits per heavy atom. The lowest BCUT2D eigenvalue weighted by molar-refractivity contribution is -1.04. The Morgan fingerprint density at radius 1 is 1.06 bits per heavy atom. The van der Waals surface area contributed by atoms with E-state index in [1.165, 1.54) is 0 Å². The number of carbonyl (C=O) groups excluding carboxylic acids is 2. The quantitative estimate of drug-likeness (QED) is 0.641. The van der Waals surface area contributed by atoms with Crippen molar-refractivity contribution in [2.24, 2.45) is 10.8 Å². The first-order valence-corrected chi connectivity index (χ1v) is 5.67. The van der Waals surface area contributed by atoms with Crippen LogP contribution in [0.5, 0.6) is 0 Å². The number of nitrogens with zero attached hydrogens (tertiary/aromatic N) is 2. The molecule has 0 amide bonds. The summed E-state index contributed by atoms with van der Waals surface area (Å²) < 4.78 is 4.51. The molecule has 0 atom stereocenters. The van der Waals surface area contributed by atoms with E-state index in [2.05, 4.69) is 9.79 Å². The molecule has 0 radical (unpaired) electrons. The van der Waals surface area contributed by atoms with Gasteiger partial charge in [0.2, 0.25) is 11.6 Å². The predicted octanol–water partition coefficient (Wildman–Crippen LogP) is 1.66. The van der Waals surface area contributed by atoms with E-state index in [1.54, 1.807) is 41.5 Å². The molecule has 0 bridgehead atoms.